The molecule has 0 radical (unpaired) electrons. The Morgan fingerprint density at radius 3 is 1.56 bits per heavy atom. The van der Waals surface area contributed by atoms with Gasteiger partial charge >= 0.3 is 0 Å². The number of hydrogen-bond acceptors (Lipinski definition) is 6. The van der Waals surface area contributed by atoms with Crippen molar-refractivity contribution in [3.05, 3.63) is 81.6 Å². The van der Waals surface area contributed by atoms with E-state index in [1.54, 1.807) is 34.8 Å². The molecule has 164 valence electrons. The summed E-state index contributed by atoms with van der Waals surface area (Å²) in [4.78, 5) is 4.37. The van der Waals surface area contributed by atoms with Crippen molar-refractivity contribution in [3.63, 3.8) is 0 Å². The van der Waals surface area contributed by atoms with E-state index >= 15 is 0 Å². The molecule has 0 aliphatic carbocycles. The van der Waals surface area contributed by atoms with Gasteiger partial charge in [-0.2, -0.15) is 21.0 Å². The summed E-state index contributed by atoms with van der Waals surface area (Å²) in [5, 5.41) is 35.3. The predicted molar refractivity (Wildman–Crippen MR) is 138 cm³/mol. The third-order valence-corrected chi connectivity index (χ3v) is 6.86. The van der Waals surface area contributed by atoms with Crippen molar-refractivity contribution >= 4 is 34.8 Å². The normalized spacial score (nSPS) is 10.4. The van der Waals surface area contributed by atoms with Crippen LogP contribution in [0.2, 0.25) is 0 Å². The molecule has 0 N–H and O–H groups in total. The van der Waals surface area contributed by atoms with Gasteiger partial charge in [0.15, 0.2) is 0 Å². The first-order chi connectivity index (χ1) is 16.6. The molecule has 0 bridgehead atoms. The first-order valence-corrected chi connectivity index (χ1v) is 12.0. The zero-order valence-electron chi connectivity index (χ0n) is 18.4. The van der Waals surface area contributed by atoms with Crippen LogP contribution in [0.3, 0.4) is 0 Å². The van der Waals surface area contributed by atoms with Gasteiger partial charge in [0, 0.05) is 16.3 Å². The van der Waals surface area contributed by atoms with Crippen LogP contribution < -0.4 is 0 Å². The van der Waals surface area contributed by atoms with Crippen LogP contribution in [-0.2, 0) is 6.54 Å². The Balaban J connectivity index is 1.87. The fourth-order valence-electron chi connectivity index (χ4n) is 3.20. The number of allylic oxidation sites excluding steroid dienone is 6. The lowest BCUT2D eigenvalue weighted by Gasteiger charge is -2.10. The highest BCUT2D eigenvalue weighted by Crippen LogP contribution is 2.36. The molecule has 0 atom stereocenters. The molecular formula is C27H19N5S2. The molecular weight excluding hydrogens is 458 g/mol. The van der Waals surface area contributed by atoms with E-state index in [0.717, 1.165) is 43.9 Å². The molecule has 0 spiro atoms. The van der Waals surface area contributed by atoms with Crippen molar-refractivity contribution in [1.29, 1.82) is 21.0 Å². The second-order valence-corrected chi connectivity index (χ2v) is 9.22. The van der Waals surface area contributed by atoms with Gasteiger partial charge in [-0.1, -0.05) is 19.1 Å². The fraction of sp³-hybridized carbons (Fsp3) is 0.111. The molecule has 3 heterocycles. The Bertz CT molecular complexity index is 1320. The number of nitriles is 4. The standard InChI is InChI=1S/C27H19N5S2/c1-2-15-32-24(26-13-9-22(33-26)7-3-5-20(16-28)17-29)11-12-25(32)27-14-10-23(34-27)8-4-6-21(18-30)19-31/h3-14H,2,15H2,1H3/b7-3+,8-4+. The van der Waals surface area contributed by atoms with Gasteiger partial charge < -0.3 is 4.57 Å². The van der Waals surface area contributed by atoms with Crippen molar-refractivity contribution in [1.82, 2.24) is 4.57 Å². The lowest BCUT2D eigenvalue weighted by atomic mass is 10.3. The second-order valence-electron chi connectivity index (χ2n) is 6.99. The zero-order chi connectivity index (χ0) is 24.3. The molecule has 3 rings (SSSR count). The van der Waals surface area contributed by atoms with Crippen molar-refractivity contribution < 1.29 is 0 Å². The number of rotatable bonds is 8. The van der Waals surface area contributed by atoms with Gasteiger partial charge in [0.25, 0.3) is 0 Å². The van der Waals surface area contributed by atoms with Crippen molar-refractivity contribution in [2.75, 3.05) is 0 Å². The van der Waals surface area contributed by atoms with Crippen molar-refractivity contribution in [2.45, 2.75) is 19.9 Å². The van der Waals surface area contributed by atoms with E-state index in [-0.39, 0.29) is 11.1 Å². The maximum absolute atomic E-state index is 8.84. The number of hydrogen-bond donors (Lipinski definition) is 0. The fourth-order valence-corrected chi connectivity index (χ4v) is 5.11. The highest BCUT2D eigenvalue weighted by molar-refractivity contribution is 7.16. The number of aromatic nitrogens is 1. The Hall–Kier alpha value is -4.40. The third-order valence-electron chi connectivity index (χ3n) is 4.71. The maximum Gasteiger partial charge on any atom is 0.129 e. The van der Waals surface area contributed by atoms with Gasteiger partial charge in [-0.25, -0.2) is 0 Å². The van der Waals surface area contributed by atoms with Crippen LogP contribution in [-0.4, -0.2) is 4.57 Å². The molecule has 3 aromatic heterocycles. The summed E-state index contributed by atoms with van der Waals surface area (Å²) in [6.07, 6.45) is 11.3. The van der Waals surface area contributed by atoms with Gasteiger partial charge in [0.2, 0.25) is 0 Å². The minimum absolute atomic E-state index is 0.0752. The van der Waals surface area contributed by atoms with Crippen LogP contribution >= 0.6 is 22.7 Å². The van der Waals surface area contributed by atoms with Gasteiger partial charge in [-0.3, -0.25) is 0 Å². The molecule has 0 aliphatic rings. The van der Waals surface area contributed by atoms with Crippen LogP contribution in [0, 0.1) is 45.3 Å². The van der Waals surface area contributed by atoms with E-state index in [9.17, 15) is 0 Å². The van der Waals surface area contributed by atoms with E-state index in [0.29, 0.717) is 0 Å². The van der Waals surface area contributed by atoms with Crippen LogP contribution in [0.25, 0.3) is 33.3 Å². The Labute approximate surface area is 207 Å². The Kier molecular flexibility index (Phi) is 8.56. The SMILES string of the molecule is CCCn1c(-c2ccc(/C=C/C=C(C#N)C#N)s2)ccc1-c1ccc(/C=C/C=C(C#N)C#N)s1. The van der Waals surface area contributed by atoms with Gasteiger partial charge in [0.1, 0.15) is 35.4 Å². The average molecular weight is 478 g/mol. The molecule has 34 heavy (non-hydrogen) atoms. The smallest absolute Gasteiger partial charge is 0.129 e. The molecule has 3 aromatic rings. The number of nitrogens with zero attached hydrogens (tertiary/aromatic N) is 5. The predicted octanol–water partition coefficient (Wildman–Crippen LogP) is 7.33. The largest absolute Gasteiger partial charge is 0.339 e. The minimum atomic E-state index is 0.0752. The first kappa shape index (κ1) is 24.2. The van der Waals surface area contributed by atoms with E-state index < -0.39 is 0 Å². The summed E-state index contributed by atoms with van der Waals surface area (Å²) in [5.74, 6) is 0. The van der Waals surface area contributed by atoms with E-state index in [2.05, 4.69) is 35.8 Å². The molecule has 7 heteroatoms. The summed E-state index contributed by atoms with van der Waals surface area (Å²) in [6, 6.07) is 19.9. The van der Waals surface area contributed by atoms with Gasteiger partial charge in [-0.15, -0.1) is 22.7 Å². The summed E-state index contributed by atoms with van der Waals surface area (Å²) in [6.45, 7) is 3.04. The Morgan fingerprint density at radius 2 is 1.18 bits per heavy atom. The molecule has 0 saturated heterocycles. The van der Waals surface area contributed by atoms with Crippen LogP contribution in [0.4, 0.5) is 0 Å². The molecule has 0 aromatic carbocycles. The van der Waals surface area contributed by atoms with Crippen LogP contribution in [0.5, 0.6) is 0 Å². The summed E-state index contributed by atoms with van der Waals surface area (Å²) in [5.41, 5.74) is 2.44. The van der Waals surface area contributed by atoms with Crippen molar-refractivity contribution in [2.24, 2.45) is 0 Å². The van der Waals surface area contributed by atoms with Gasteiger partial charge in [0.05, 0.1) is 21.1 Å². The lowest BCUT2D eigenvalue weighted by Crippen LogP contribution is -2.00. The van der Waals surface area contributed by atoms with E-state index in [1.807, 2.05) is 48.6 Å². The first-order valence-electron chi connectivity index (χ1n) is 10.4. The van der Waals surface area contributed by atoms with Crippen molar-refractivity contribution in [3.8, 4) is 45.4 Å². The van der Waals surface area contributed by atoms with Crippen LogP contribution in [0.1, 0.15) is 23.1 Å². The topological polar surface area (TPSA) is 100 Å². The van der Waals surface area contributed by atoms with E-state index in [1.165, 1.54) is 12.2 Å². The average Bonchev–Trinajstić information content (AvgIpc) is 3.60. The third kappa shape index (κ3) is 5.89. The molecule has 0 unspecified atom stereocenters. The maximum atomic E-state index is 8.84. The zero-order valence-corrected chi connectivity index (χ0v) is 20.0. The Morgan fingerprint density at radius 1 is 0.735 bits per heavy atom. The molecule has 0 saturated carbocycles. The summed E-state index contributed by atoms with van der Waals surface area (Å²) >= 11 is 3.31. The highest BCUT2D eigenvalue weighted by atomic mass is 32.1. The monoisotopic (exact) mass is 477 g/mol. The summed E-state index contributed by atoms with van der Waals surface area (Å²) in [7, 11) is 0. The van der Waals surface area contributed by atoms with E-state index in [4.69, 9.17) is 21.0 Å². The second kappa shape index (κ2) is 12.0. The lowest BCUT2D eigenvalue weighted by molar-refractivity contribution is 0.697. The molecule has 0 amide bonds. The number of thiophene rings is 2. The molecule has 0 fully saturated rings. The summed E-state index contributed by atoms with van der Waals surface area (Å²) < 4.78 is 2.32. The van der Waals surface area contributed by atoms with Crippen LogP contribution in [0.15, 0.2) is 71.8 Å². The highest BCUT2D eigenvalue weighted by Gasteiger charge is 2.14. The molecule has 5 nitrogen and oxygen atoms in total. The quantitative estimate of drug-likeness (QED) is 0.250. The molecule has 0 aliphatic heterocycles. The van der Waals surface area contributed by atoms with Gasteiger partial charge in [-0.05, 0) is 67.1 Å². The minimum Gasteiger partial charge on any atom is -0.339 e.